The van der Waals surface area contributed by atoms with Gasteiger partial charge in [0, 0.05) is 35.0 Å². The molecule has 2 nitrogen and oxygen atoms in total. The van der Waals surface area contributed by atoms with Crippen LogP contribution >= 0.6 is 11.8 Å². The molecule has 2 heterocycles. The second kappa shape index (κ2) is 9.05. The third-order valence-electron chi connectivity index (χ3n) is 5.93. The van der Waals surface area contributed by atoms with Crippen LogP contribution in [0.5, 0.6) is 0 Å². The van der Waals surface area contributed by atoms with E-state index in [0.717, 1.165) is 13.1 Å². The maximum atomic E-state index is 2.41. The van der Waals surface area contributed by atoms with E-state index in [2.05, 4.69) is 126 Å². The fourth-order valence-corrected chi connectivity index (χ4v) is 5.55. The first-order valence-electron chi connectivity index (χ1n) is 11.2. The number of aryl methyl sites for hydroxylation is 1. The summed E-state index contributed by atoms with van der Waals surface area (Å²) in [6, 6.07) is 32.4. The number of benzene rings is 3. The molecule has 3 heteroatoms. The topological polar surface area (TPSA) is 7.12 Å². The van der Waals surface area contributed by atoms with Crippen molar-refractivity contribution < 1.29 is 4.57 Å². The van der Waals surface area contributed by atoms with Crippen LogP contribution in [0.2, 0.25) is 0 Å². The second-order valence-corrected chi connectivity index (χ2v) is 8.89. The molecule has 0 bridgehead atoms. The standard InChI is InChI=1S/C29H27N2S/c1-3-30-25(19-18-23-14-8-9-15-26(23)30)20-24(22-12-6-5-7-13-22)21-29-31(4-2)27-16-10-11-17-28(27)32-29/h5-21H,3-4H2,1-2H3/q+1. The molecule has 0 amide bonds. The molecule has 3 aromatic carbocycles. The number of nitrogens with zero attached hydrogens (tertiary/aromatic N) is 2. The molecule has 0 aliphatic carbocycles. The van der Waals surface area contributed by atoms with Crippen molar-refractivity contribution in [3.8, 4) is 0 Å². The third-order valence-corrected chi connectivity index (χ3v) is 7.04. The van der Waals surface area contributed by atoms with Crippen molar-refractivity contribution >= 4 is 40.0 Å². The van der Waals surface area contributed by atoms with Gasteiger partial charge in [0.15, 0.2) is 0 Å². The maximum Gasteiger partial charge on any atom is 0.212 e. The molecule has 0 N–H and O–H groups in total. The smallest absolute Gasteiger partial charge is 0.212 e. The van der Waals surface area contributed by atoms with Crippen molar-refractivity contribution in [2.24, 2.45) is 0 Å². The summed E-state index contributed by atoms with van der Waals surface area (Å²) in [6.07, 6.45) is 4.67. The van der Waals surface area contributed by atoms with Gasteiger partial charge in [-0.3, -0.25) is 0 Å². The van der Waals surface area contributed by atoms with Crippen molar-refractivity contribution in [2.45, 2.75) is 25.3 Å². The Hall–Kier alpha value is -3.30. The fraction of sp³-hybridized carbons (Fsp3) is 0.138. The van der Waals surface area contributed by atoms with E-state index < -0.39 is 0 Å². The highest BCUT2D eigenvalue weighted by Crippen LogP contribution is 2.46. The van der Waals surface area contributed by atoms with Crippen LogP contribution < -0.4 is 9.47 Å². The van der Waals surface area contributed by atoms with Gasteiger partial charge in [-0.15, -0.1) is 0 Å². The molecular formula is C29H27N2S+. The van der Waals surface area contributed by atoms with Crippen molar-refractivity contribution in [3.05, 3.63) is 113 Å². The zero-order chi connectivity index (χ0) is 21.9. The largest absolute Gasteiger partial charge is 0.335 e. The average molecular weight is 436 g/mol. The van der Waals surface area contributed by atoms with Gasteiger partial charge in [0.2, 0.25) is 11.2 Å². The van der Waals surface area contributed by atoms with Gasteiger partial charge >= 0.3 is 0 Å². The number of rotatable bonds is 5. The van der Waals surface area contributed by atoms with Gasteiger partial charge in [0.05, 0.1) is 10.7 Å². The van der Waals surface area contributed by atoms with E-state index in [1.165, 1.54) is 43.3 Å². The van der Waals surface area contributed by atoms with E-state index in [4.69, 9.17) is 0 Å². The minimum absolute atomic E-state index is 0.924. The number of para-hydroxylation sites is 2. The van der Waals surface area contributed by atoms with Crippen LogP contribution in [0.4, 0.5) is 5.69 Å². The highest BCUT2D eigenvalue weighted by Gasteiger charge is 2.24. The van der Waals surface area contributed by atoms with Crippen LogP contribution in [0.1, 0.15) is 25.1 Å². The van der Waals surface area contributed by atoms with Gasteiger partial charge in [-0.25, -0.2) is 0 Å². The third kappa shape index (κ3) is 3.85. The van der Waals surface area contributed by atoms with Crippen molar-refractivity contribution in [2.75, 3.05) is 11.4 Å². The number of hydrogen-bond acceptors (Lipinski definition) is 2. The van der Waals surface area contributed by atoms with Gasteiger partial charge < -0.3 is 4.90 Å². The summed E-state index contributed by atoms with van der Waals surface area (Å²) in [5.74, 6) is 0. The number of aromatic nitrogens is 1. The normalized spacial score (nSPS) is 14.9. The van der Waals surface area contributed by atoms with E-state index in [-0.39, 0.29) is 0 Å². The lowest BCUT2D eigenvalue weighted by molar-refractivity contribution is -0.669. The molecule has 0 saturated carbocycles. The molecule has 1 aliphatic rings. The highest BCUT2D eigenvalue weighted by molar-refractivity contribution is 8.03. The van der Waals surface area contributed by atoms with Crippen LogP contribution in [0.15, 0.2) is 107 Å². The summed E-state index contributed by atoms with van der Waals surface area (Å²) in [7, 11) is 0. The Kier molecular flexibility index (Phi) is 5.83. The van der Waals surface area contributed by atoms with Gasteiger partial charge in [0.1, 0.15) is 6.54 Å². The Labute approximate surface area is 194 Å². The first-order valence-corrected chi connectivity index (χ1v) is 12.0. The fourth-order valence-electron chi connectivity index (χ4n) is 4.38. The number of allylic oxidation sites excluding steroid dienone is 2. The summed E-state index contributed by atoms with van der Waals surface area (Å²) in [6.45, 7) is 6.31. The summed E-state index contributed by atoms with van der Waals surface area (Å²) >= 11 is 1.85. The lowest BCUT2D eigenvalue weighted by Gasteiger charge is -2.18. The second-order valence-electron chi connectivity index (χ2n) is 7.82. The Bertz CT molecular complexity index is 1320. The number of fused-ring (bicyclic) bond motifs is 2. The van der Waals surface area contributed by atoms with Gasteiger partial charge in [-0.1, -0.05) is 66.4 Å². The molecule has 5 rings (SSSR count). The molecule has 1 aromatic heterocycles. The first kappa shape index (κ1) is 20.6. The Morgan fingerprint density at radius 2 is 1.59 bits per heavy atom. The van der Waals surface area contributed by atoms with Crippen molar-refractivity contribution in [3.63, 3.8) is 0 Å². The number of pyridine rings is 1. The van der Waals surface area contributed by atoms with Gasteiger partial charge in [0.25, 0.3) is 0 Å². The van der Waals surface area contributed by atoms with E-state index in [1.54, 1.807) is 0 Å². The summed E-state index contributed by atoms with van der Waals surface area (Å²) in [5.41, 5.74) is 6.22. The van der Waals surface area contributed by atoms with Gasteiger partial charge in [-0.2, -0.15) is 4.57 Å². The Balaban J connectivity index is 1.66. The first-order chi connectivity index (χ1) is 15.8. The summed E-state index contributed by atoms with van der Waals surface area (Å²) in [5, 5.41) is 2.54. The van der Waals surface area contributed by atoms with Crippen molar-refractivity contribution in [1.29, 1.82) is 0 Å². The number of anilines is 1. The SMILES string of the molecule is CCN1/C(=C/C(=C/c2ccc3ccccc3[n+]2CC)c2ccccc2)Sc2ccccc21. The molecule has 32 heavy (non-hydrogen) atoms. The minimum Gasteiger partial charge on any atom is -0.335 e. The average Bonchev–Trinajstić information content (AvgIpc) is 3.21. The molecule has 0 fully saturated rings. The summed E-state index contributed by atoms with van der Waals surface area (Å²) < 4.78 is 2.39. The summed E-state index contributed by atoms with van der Waals surface area (Å²) in [4.78, 5) is 3.73. The quantitative estimate of drug-likeness (QED) is 0.307. The van der Waals surface area contributed by atoms with Crippen LogP contribution in [-0.4, -0.2) is 6.54 Å². The molecule has 158 valence electrons. The maximum absolute atomic E-state index is 2.41. The molecule has 0 radical (unpaired) electrons. The van der Waals surface area contributed by atoms with Crippen LogP contribution in [0, 0.1) is 0 Å². The zero-order valence-corrected chi connectivity index (χ0v) is 19.3. The molecule has 0 atom stereocenters. The van der Waals surface area contributed by atoms with Crippen molar-refractivity contribution in [1.82, 2.24) is 0 Å². The van der Waals surface area contributed by atoms with E-state index >= 15 is 0 Å². The van der Waals surface area contributed by atoms with E-state index in [9.17, 15) is 0 Å². The molecule has 4 aromatic rings. The number of hydrogen-bond donors (Lipinski definition) is 0. The minimum atomic E-state index is 0.924. The lowest BCUT2D eigenvalue weighted by Crippen LogP contribution is -2.36. The van der Waals surface area contributed by atoms with Gasteiger partial charge in [-0.05, 0) is 55.3 Å². The van der Waals surface area contributed by atoms with E-state index in [1.807, 2.05) is 11.8 Å². The molecule has 0 saturated heterocycles. The zero-order valence-electron chi connectivity index (χ0n) is 18.5. The highest BCUT2D eigenvalue weighted by atomic mass is 32.2. The van der Waals surface area contributed by atoms with Crippen LogP contribution in [-0.2, 0) is 6.54 Å². The molecule has 0 spiro atoms. The number of thioether (sulfide) groups is 1. The van der Waals surface area contributed by atoms with Crippen LogP contribution in [0.25, 0.3) is 22.6 Å². The van der Waals surface area contributed by atoms with E-state index in [0.29, 0.717) is 0 Å². The van der Waals surface area contributed by atoms with Crippen LogP contribution in [0.3, 0.4) is 0 Å². The predicted octanol–water partition coefficient (Wildman–Crippen LogP) is 7.16. The molecule has 1 aliphatic heterocycles. The molecular weight excluding hydrogens is 408 g/mol. The molecule has 0 unspecified atom stereocenters. The monoisotopic (exact) mass is 435 g/mol. The lowest BCUT2D eigenvalue weighted by atomic mass is 10.0. The Morgan fingerprint density at radius 3 is 2.41 bits per heavy atom. The predicted molar refractivity (Wildman–Crippen MR) is 138 cm³/mol. The Morgan fingerprint density at radius 1 is 0.844 bits per heavy atom.